The van der Waals surface area contributed by atoms with Gasteiger partial charge in [-0.1, -0.05) is 60.7 Å². The van der Waals surface area contributed by atoms with Gasteiger partial charge in [-0.05, 0) is 46.7 Å². The Hall–Kier alpha value is -2.92. The number of fused-ring (bicyclic) bond motifs is 2. The Kier molecular flexibility index (Phi) is 3.54. The highest BCUT2D eigenvalue weighted by Crippen LogP contribution is 2.55. The number of rotatable bonds is 2. The molecule has 0 saturated carbocycles. The van der Waals surface area contributed by atoms with Crippen molar-refractivity contribution in [1.29, 1.82) is 0 Å². The summed E-state index contributed by atoms with van der Waals surface area (Å²) in [5, 5.41) is 0. The van der Waals surface area contributed by atoms with Crippen molar-refractivity contribution < 1.29 is 8.42 Å². The number of hydrogen-bond donors (Lipinski definition) is 1. The molecule has 1 heterocycles. The maximum Gasteiger partial charge on any atom is 0.263 e. The molecule has 0 aromatic heterocycles. The summed E-state index contributed by atoms with van der Waals surface area (Å²) in [5.74, 6) is 1.54. The first kappa shape index (κ1) is 17.0. The van der Waals surface area contributed by atoms with E-state index in [2.05, 4.69) is 53.3 Å². The number of aliphatic imine (C=N–C) groups is 1. The molecule has 29 heavy (non-hydrogen) atoms. The Morgan fingerprint density at radius 2 is 1.41 bits per heavy atom. The van der Waals surface area contributed by atoms with E-state index in [0.717, 1.165) is 6.42 Å². The third-order valence-electron chi connectivity index (χ3n) is 6.57. The lowest BCUT2D eigenvalue weighted by atomic mass is 9.59. The van der Waals surface area contributed by atoms with E-state index >= 15 is 0 Å². The topological polar surface area (TPSA) is 58.5 Å². The molecule has 0 radical (unpaired) electrons. The van der Waals surface area contributed by atoms with Gasteiger partial charge >= 0.3 is 0 Å². The maximum absolute atomic E-state index is 12.4. The molecule has 3 aromatic rings. The second-order valence-corrected chi connectivity index (χ2v) is 9.73. The zero-order valence-electron chi connectivity index (χ0n) is 15.7. The molecule has 0 amide bonds. The lowest BCUT2D eigenvalue weighted by molar-refractivity contribution is 0.365. The van der Waals surface area contributed by atoms with Gasteiger partial charge in [0, 0.05) is 23.9 Å². The van der Waals surface area contributed by atoms with Gasteiger partial charge in [0.1, 0.15) is 5.84 Å². The van der Waals surface area contributed by atoms with Crippen LogP contribution in [-0.2, 0) is 10.0 Å². The van der Waals surface area contributed by atoms with Crippen molar-refractivity contribution in [3.8, 4) is 0 Å². The first-order valence-electron chi connectivity index (χ1n) is 9.98. The van der Waals surface area contributed by atoms with Crippen molar-refractivity contribution in [3.05, 3.63) is 101 Å². The fraction of sp³-hybridized carbons (Fsp3) is 0.208. The van der Waals surface area contributed by atoms with Crippen molar-refractivity contribution in [1.82, 2.24) is 4.72 Å². The second-order valence-electron chi connectivity index (χ2n) is 8.07. The lowest BCUT2D eigenvalue weighted by Gasteiger charge is -2.45. The van der Waals surface area contributed by atoms with Crippen molar-refractivity contribution >= 4 is 15.9 Å². The SMILES string of the molecule is O=S1(=O)NC(=NC[C@H]2CC3c4ccccc4C2c2ccccc23)c2ccccc21. The minimum atomic E-state index is -3.50. The van der Waals surface area contributed by atoms with Crippen LogP contribution in [0.1, 0.15) is 46.1 Å². The van der Waals surface area contributed by atoms with Crippen LogP contribution in [0.4, 0.5) is 0 Å². The molecule has 144 valence electrons. The smallest absolute Gasteiger partial charge is 0.263 e. The quantitative estimate of drug-likeness (QED) is 0.706. The normalized spacial score (nSPS) is 26.5. The molecule has 0 saturated heterocycles. The van der Waals surface area contributed by atoms with Gasteiger partial charge in [-0.2, -0.15) is 0 Å². The Labute approximate surface area is 170 Å². The van der Waals surface area contributed by atoms with Gasteiger partial charge in [0.2, 0.25) is 0 Å². The molecule has 1 aliphatic heterocycles. The van der Waals surface area contributed by atoms with E-state index in [1.807, 2.05) is 12.1 Å². The Morgan fingerprint density at radius 3 is 2.10 bits per heavy atom. The molecule has 5 heteroatoms. The van der Waals surface area contributed by atoms with Gasteiger partial charge in [0.05, 0.1) is 4.90 Å². The summed E-state index contributed by atoms with van der Waals surface area (Å²) < 4.78 is 27.4. The molecule has 7 rings (SSSR count). The summed E-state index contributed by atoms with van der Waals surface area (Å²) in [6.07, 6.45) is 1.05. The standard InChI is InChI=1S/C24H20N2O2S/c27-29(28)22-12-6-5-11-20(22)24(26-29)25-14-15-13-21-16-7-1-3-9-18(16)23(15)19-10-4-2-8-17(19)21/h1-12,15,21,23H,13-14H2,(H,25,26)/t15-,21?,23?/m1/s1. The highest BCUT2D eigenvalue weighted by Gasteiger charge is 2.43. The second kappa shape index (κ2) is 6.04. The Bertz CT molecular complexity index is 1230. The third-order valence-corrected chi connectivity index (χ3v) is 7.97. The molecular formula is C24H20N2O2S. The number of hydrogen-bond acceptors (Lipinski definition) is 3. The van der Waals surface area contributed by atoms with Crippen LogP contribution in [0.3, 0.4) is 0 Å². The van der Waals surface area contributed by atoms with Gasteiger partial charge in [-0.3, -0.25) is 9.71 Å². The molecule has 2 bridgehead atoms. The van der Waals surface area contributed by atoms with Crippen molar-refractivity contribution in [2.24, 2.45) is 10.9 Å². The van der Waals surface area contributed by atoms with E-state index in [0.29, 0.717) is 40.6 Å². The fourth-order valence-electron chi connectivity index (χ4n) is 5.40. The minimum Gasteiger partial charge on any atom is -0.267 e. The van der Waals surface area contributed by atoms with Crippen LogP contribution in [0, 0.1) is 5.92 Å². The lowest BCUT2D eigenvalue weighted by Crippen LogP contribution is -2.34. The molecule has 4 aliphatic rings. The van der Waals surface area contributed by atoms with E-state index in [4.69, 9.17) is 4.99 Å². The van der Waals surface area contributed by atoms with E-state index < -0.39 is 10.0 Å². The first-order chi connectivity index (χ1) is 14.1. The van der Waals surface area contributed by atoms with Crippen molar-refractivity contribution in [2.75, 3.05) is 6.54 Å². The van der Waals surface area contributed by atoms with E-state index in [-0.39, 0.29) is 0 Å². The molecule has 1 N–H and O–H groups in total. The number of sulfonamides is 1. The molecule has 0 fully saturated rings. The predicted molar refractivity (Wildman–Crippen MR) is 113 cm³/mol. The summed E-state index contributed by atoms with van der Waals surface area (Å²) in [4.78, 5) is 5.09. The van der Waals surface area contributed by atoms with Gasteiger partial charge in [-0.25, -0.2) is 8.42 Å². The zero-order chi connectivity index (χ0) is 19.6. The number of benzene rings is 3. The molecule has 3 aromatic carbocycles. The zero-order valence-corrected chi connectivity index (χ0v) is 16.6. The van der Waals surface area contributed by atoms with Crippen LogP contribution < -0.4 is 4.72 Å². The minimum absolute atomic E-state index is 0.310. The van der Waals surface area contributed by atoms with Crippen molar-refractivity contribution in [3.63, 3.8) is 0 Å². The Morgan fingerprint density at radius 1 is 0.828 bits per heavy atom. The summed E-state index contributed by atoms with van der Waals surface area (Å²) in [7, 11) is -3.50. The van der Waals surface area contributed by atoms with Gasteiger partial charge in [-0.15, -0.1) is 0 Å². The van der Waals surface area contributed by atoms with E-state index in [9.17, 15) is 8.42 Å². The summed E-state index contributed by atoms with van der Waals surface area (Å²) in [5.41, 5.74) is 6.36. The van der Waals surface area contributed by atoms with Gasteiger partial charge in [0.15, 0.2) is 0 Å². The molecule has 0 unspecified atom stereocenters. The number of nitrogens with one attached hydrogen (secondary N) is 1. The monoisotopic (exact) mass is 400 g/mol. The van der Waals surface area contributed by atoms with Crippen LogP contribution in [0.5, 0.6) is 0 Å². The maximum atomic E-state index is 12.4. The van der Waals surface area contributed by atoms with E-state index in [1.165, 1.54) is 22.3 Å². The fourth-order valence-corrected chi connectivity index (χ4v) is 6.65. The van der Waals surface area contributed by atoms with Crippen LogP contribution >= 0.6 is 0 Å². The molecule has 4 nitrogen and oxygen atoms in total. The van der Waals surface area contributed by atoms with Crippen LogP contribution in [-0.4, -0.2) is 20.8 Å². The molecule has 3 aliphatic carbocycles. The predicted octanol–water partition coefficient (Wildman–Crippen LogP) is 4.02. The Balaban J connectivity index is 1.40. The van der Waals surface area contributed by atoms with Gasteiger partial charge < -0.3 is 0 Å². The van der Waals surface area contributed by atoms with Crippen LogP contribution in [0.2, 0.25) is 0 Å². The average molecular weight is 401 g/mol. The van der Waals surface area contributed by atoms with E-state index in [1.54, 1.807) is 12.1 Å². The van der Waals surface area contributed by atoms with Gasteiger partial charge in [0.25, 0.3) is 10.0 Å². The largest absolute Gasteiger partial charge is 0.267 e. The van der Waals surface area contributed by atoms with Crippen LogP contribution in [0.15, 0.2) is 82.7 Å². The molecule has 0 spiro atoms. The first-order valence-corrected chi connectivity index (χ1v) is 11.5. The van der Waals surface area contributed by atoms with Crippen LogP contribution in [0.25, 0.3) is 0 Å². The number of nitrogens with zero attached hydrogens (tertiary/aromatic N) is 1. The highest BCUT2D eigenvalue weighted by atomic mass is 32.2. The molecule has 1 atom stereocenters. The molecular weight excluding hydrogens is 380 g/mol. The highest BCUT2D eigenvalue weighted by molar-refractivity contribution is 7.90. The van der Waals surface area contributed by atoms with Crippen molar-refractivity contribution in [2.45, 2.75) is 23.2 Å². The number of amidine groups is 1. The summed E-state index contributed by atoms with van der Waals surface area (Å²) >= 11 is 0. The third kappa shape index (κ3) is 2.43. The average Bonchev–Trinajstić information content (AvgIpc) is 3.03. The summed E-state index contributed by atoms with van der Waals surface area (Å²) in [6.45, 7) is 0.607. The summed E-state index contributed by atoms with van der Waals surface area (Å²) in [6, 6.07) is 24.5.